The zero-order chi connectivity index (χ0) is 46.9. The summed E-state index contributed by atoms with van der Waals surface area (Å²) in [4.78, 5) is 61.4. The molecule has 4 heterocycles. The number of hydrogen-bond acceptors (Lipinski definition) is 17. The first-order valence-electron chi connectivity index (χ1n) is 20.5. The van der Waals surface area contributed by atoms with Crippen LogP contribution < -0.4 is 19.2 Å². The quantitative estimate of drug-likeness (QED) is 0.144. The number of aromatic nitrogens is 2. The summed E-state index contributed by atoms with van der Waals surface area (Å²) in [5.41, 5.74) is 2.62. The van der Waals surface area contributed by atoms with E-state index in [-0.39, 0.29) is 79.3 Å². The molecule has 4 aromatic rings. The number of esters is 2. The van der Waals surface area contributed by atoms with Crippen LogP contribution in [0.2, 0.25) is 0 Å². The number of carbonyl (C=O) groups excluding carboxylic acids is 4. The standard InChI is InChI=1S/C23H24N4O5S.C21H22N4O6S/c1-15-20(23(29)32-19-8-5-9-19)10-17(11-24)21(25-15)27-12-18(13-27)22(28)26-33(30,31)14-16-6-3-2-4-7-16;1-14-18(21(28)31-8-7-26)9-16(10-22)19(23-14)25-11-17(12-25)20(27)24-32(29,30)13-15-5-3-2-4-6-15/h2-4,6-7,10,18-19H,5,8-9,12-14H2,1H3,(H,26,28);2-6,9,17,26H,7-8,11-13H2,1H3,(H,24,27). The van der Waals surface area contributed by atoms with Crippen LogP contribution in [0.15, 0.2) is 72.8 Å². The van der Waals surface area contributed by atoms with Crippen molar-refractivity contribution in [2.24, 2.45) is 11.8 Å². The number of nitrogens with zero attached hydrogens (tertiary/aromatic N) is 6. The lowest BCUT2D eigenvalue weighted by Gasteiger charge is -2.39. The van der Waals surface area contributed by atoms with Crippen LogP contribution in [-0.2, 0) is 50.6 Å². The van der Waals surface area contributed by atoms with Crippen LogP contribution in [0.4, 0.5) is 11.6 Å². The summed E-state index contributed by atoms with van der Waals surface area (Å²) in [6, 6.07) is 24.0. The van der Waals surface area contributed by atoms with Gasteiger partial charge in [0.25, 0.3) is 0 Å². The van der Waals surface area contributed by atoms with Crippen molar-refractivity contribution in [3.8, 4) is 12.1 Å². The van der Waals surface area contributed by atoms with Crippen molar-refractivity contribution < 1.29 is 50.6 Å². The lowest BCUT2D eigenvalue weighted by molar-refractivity contribution is -0.124. The number of carbonyl (C=O) groups is 4. The SMILES string of the molecule is Cc1nc(N2CC(C(=O)NS(=O)(=O)Cc3ccccc3)C2)c(C#N)cc1C(=O)OC1CCC1.Cc1nc(N2CC(C(=O)NS(=O)(=O)Cc3ccccc3)C2)c(C#N)cc1C(=O)OCCO. The summed E-state index contributed by atoms with van der Waals surface area (Å²) in [6.07, 6.45) is 2.66. The van der Waals surface area contributed by atoms with E-state index >= 15 is 0 Å². The van der Waals surface area contributed by atoms with Gasteiger partial charge < -0.3 is 24.4 Å². The maximum Gasteiger partial charge on any atom is 0.340 e. The van der Waals surface area contributed by atoms with E-state index < -0.39 is 55.6 Å². The molecule has 65 heavy (non-hydrogen) atoms. The molecule has 2 saturated heterocycles. The number of anilines is 2. The third-order valence-corrected chi connectivity index (χ3v) is 13.2. The first-order valence-corrected chi connectivity index (χ1v) is 23.8. The average molecular weight is 927 g/mol. The summed E-state index contributed by atoms with van der Waals surface area (Å²) < 4.78 is 63.7. The van der Waals surface area contributed by atoms with Crippen LogP contribution in [0.1, 0.15) is 73.6 Å². The molecule has 0 radical (unpaired) electrons. The van der Waals surface area contributed by atoms with Gasteiger partial charge >= 0.3 is 11.9 Å². The lowest BCUT2D eigenvalue weighted by Crippen LogP contribution is -2.55. The zero-order valence-corrected chi connectivity index (χ0v) is 37.1. The fourth-order valence-corrected chi connectivity index (χ4v) is 9.29. The van der Waals surface area contributed by atoms with E-state index in [2.05, 4.69) is 19.4 Å². The van der Waals surface area contributed by atoms with Gasteiger partial charge in [0, 0.05) is 26.2 Å². The number of rotatable bonds is 15. The Morgan fingerprint density at radius 3 is 1.49 bits per heavy atom. The highest BCUT2D eigenvalue weighted by atomic mass is 32.2. The number of pyridine rings is 2. The molecular formula is C44H46N8O11S2. The topological polar surface area (TPSA) is 279 Å². The molecular weight excluding hydrogens is 881 g/mol. The summed E-state index contributed by atoms with van der Waals surface area (Å²) in [7, 11) is -7.65. The summed E-state index contributed by atoms with van der Waals surface area (Å²) in [6.45, 7) is 3.57. The molecule has 19 nitrogen and oxygen atoms in total. The smallest absolute Gasteiger partial charge is 0.340 e. The molecule has 3 aliphatic rings. The highest BCUT2D eigenvalue weighted by Gasteiger charge is 2.38. The average Bonchev–Trinajstić information content (AvgIpc) is 3.20. The van der Waals surface area contributed by atoms with E-state index in [1.165, 1.54) is 12.1 Å². The minimum Gasteiger partial charge on any atom is -0.460 e. The van der Waals surface area contributed by atoms with E-state index in [0.717, 1.165) is 19.3 Å². The molecule has 2 aromatic heterocycles. The van der Waals surface area contributed by atoms with Crippen molar-refractivity contribution in [1.29, 1.82) is 10.5 Å². The fourth-order valence-electron chi connectivity index (χ4n) is 6.93. The highest BCUT2D eigenvalue weighted by molar-refractivity contribution is 7.89. The number of sulfonamides is 2. The van der Waals surface area contributed by atoms with E-state index in [0.29, 0.717) is 34.2 Å². The van der Waals surface area contributed by atoms with Crippen LogP contribution in [0.25, 0.3) is 0 Å². The Bertz CT molecular complexity index is 2750. The number of nitrogens with one attached hydrogen (secondary N) is 2. The molecule has 0 spiro atoms. The second-order valence-corrected chi connectivity index (χ2v) is 19.1. The lowest BCUT2D eigenvalue weighted by atomic mass is 9.96. The number of hydrogen-bond donors (Lipinski definition) is 3. The molecule has 3 N–H and O–H groups in total. The molecule has 340 valence electrons. The van der Waals surface area contributed by atoms with Gasteiger partial charge in [-0.05, 0) is 56.4 Å². The number of benzene rings is 2. The maximum absolute atomic E-state index is 12.4. The number of ether oxygens (including phenoxy) is 2. The van der Waals surface area contributed by atoms with Gasteiger partial charge in [-0.3, -0.25) is 19.0 Å². The fraction of sp³-hybridized carbons (Fsp3) is 0.364. The molecule has 0 atom stereocenters. The second kappa shape index (κ2) is 20.7. The Morgan fingerprint density at radius 1 is 0.708 bits per heavy atom. The first-order chi connectivity index (χ1) is 31.0. The molecule has 0 bridgehead atoms. The maximum atomic E-state index is 12.4. The van der Waals surface area contributed by atoms with Gasteiger partial charge in [-0.25, -0.2) is 36.4 Å². The largest absolute Gasteiger partial charge is 0.460 e. The van der Waals surface area contributed by atoms with Crippen molar-refractivity contribution in [2.45, 2.75) is 50.7 Å². The normalized spacial score (nSPS) is 15.0. The zero-order valence-electron chi connectivity index (χ0n) is 35.5. The third kappa shape index (κ3) is 12.2. The molecule has 2 amide bonds. The van der Waals surface area contributed by atoms with E-state index in [1.54, 1.807) is 84.3 Å². The van der Waals surface area contributed by atoms with Crippen LogP contribution in [0.5, 0.6) is 0 Å². The first kappa shape index (κ1) is 47.5. The Kier molecular flexibility index (Phi) is 15.1. The second-order valence-electron chi connectivity index (χ2n) is 15.7. The molecule has 2 aliphatic heterocycles. The minimum absolute atomic E-state index is 0.0741. The Hall–Kier alpha value is -6.94. The van der Waals surface area contributed by atoms with Crippen LogP contribution in [-0.4, -0.2) is 101 Å². The summed E-state index contributed by atoms with van der Waals surface area (Å²) >= 11 is 0. The number of aliphatic hydroxyl groups is 1. The van der Waals surface area contributed by atoms with Crippen LogP contribution >= 0.6 is 0 Å². The molecule has 2 aromatic carbocycles. The molecule has 3 fully saturated rings. The van der Waals surface area contributed by atoms with Crippen molar-refractivity contribution in [1.82, 2.24) is 19.4 Å². The predicted molar refractivity (Wildman–Crippen MR) is 234 cm³/mol. The van der Waals surface area contributed by atoms with Gasteiger partial charge in [-0.2, -0.15) is 10.5 Å². The van der Waals surface area contributed by atoms with Gasteiger partial charge in [0.15, 0.2) is 0 Å². The van der Waals surface area contributed by atoms with Gasteiger partial charge in [0.1, 0.15) is 36.5 Å². The molecule has 0 unspecified atom stereocenters. The van der Waals surface area contributed by atoms with Crippen molar-refractivity contribution >= 4 is 55.4 Å². The van der Waals surface area contributed by atoms with Gasteiger partial charge in [-0.15, -0.1) is 0 Å². The van der Waals surface area contributed by atoms with Crippen molar-refractivity contribution in [3.63, 3.8) is 0 Å². The number of aliphatic hydroxyl groups excluding tert-OH is 1. The minimum atomic E-state index is -3.83. The van der Waals surface area contributed by atoms with Crippen molar-refractivity contribution in [3.05, 3.63) is 118 Å². The monoisotopic (exact) mass is 926 g/mol. The Labute approximate surface area is 376 Å². The molecule has 7 rings (SSSR count). The molecule has 21 heteroatoms. The van der Waals surface area contributed by atoms with Crippen LogP contribution in [0.3, 0.4) is 0 Å². The number of nitriles is 2. The number of aryl methyl sites for hydroxylation is 2. The van der Waals surface area contributed by atoms with Crippen LogP contribution in [0, 0.1) is 48.3 Å². The van der Waals surface area contributed by atoms with Gasteiger partial charge in [0.05, 0.1) is 63.6 Å². The van der Waals surface area contributed by atoms with Gasteiger partial charge in [-0.1, -0.05) is 60.7 Å². The van der Waals surface area contributed by atoms with Crippen molar-refractivity contribution in [2.75, 3.05) is 49.2 Å². The van der Waals surface area contributed by atoms with Gasteiger partial charge in [0.2, 0.25) is 31.9 Å². The number of amides is 2. The summed E-state index contributed by atoms with van der Waals surface area (Å²) in [5.74, 6) is -3.43. The Balaban J connectivity index is 0.000000216. The van der Waals surface area contributed by atoms with E-state index in [4.69, 9.17) is 14.6 Å². The Morgan fingerprint density at radius 2 is 1.12 bits per heavy atom. The summed E-state index contributed by atoms with van der Waals surface area (Å²) in [5, 5.41) is 27.8. The van der Waals surface area contributed by atoms with E-state index in [1.807, 2.05) is 12.1 Å². The van der Waals surface area contributed by atoms with E-state index in [9.17, 15) is 46.5 Å². The third-order valence-electron chi connectivity index (χ3n) is 10.7. The molecule has 1 aliphatic carbocycles. The molecule has 1 saturated carbocycles. The predicted octanol–water partition coefficient (Wildman–Crippen LogP) is 2.55. The highest BCUT2D eigenvalue weighted by Crippen LogP contribution is 2.31.